The molecule has 0 saturated carbocycles. The Hall–Kier alpha value is -1.87. The third kappa shape index (κ3) is 2.15. The second kappa shape index (κ2) is 4.55. The Balaban J connectivity index is 1.84. The average Bonchev–Trinajstić information content (AvgIpc) is 2.86. The minimum absolute atomic E-state index is 0.558. The van der Waals surface area contributed by atoms with Crippen molar-refractivity contribution in [2.24, 2.45) is 0 Å². The van der Waals surface area contributed by atoms with Gasteiger partial charge in [0.25, 0.3) is 0 Å². The van der Waals surface area contributed by atoms with Gasteiger partial charge in [0, 0.05) is 10.9 Å². The number of aromatic nitrogens is 1. The highest BCUT2D eigenvalue weighted by molar-refractivity contribution is 7.17. The van der Waals surface area contributed by atoms with Gasteiger partial charge in [-0.1, -0.05) is 30.3 Å². The van der Waals surface area contributed by atoms with Crippen LogP contribution in [0.15, 0.2) is 54.0 Å². The highest BCUT2D eigenvalue weighted by atomic mass is 32.1. The second-order valence-electron chi connectivity index (χ2n) is 3.72. The minimum atomic E-state index is 0.558. The number of benzene rings is 1. The van der Waals surface area contributed by atoms with E-state index >= 15 is 0 Å². The molecule has 1 aromatic carbocycles. The summed E-state index contributed by atoms with van der Waals surface area (Å²) >= 11 is 1.70. The Bertz CT molecular complexity index is 618. The van der Waals surface area contributed by atoms with Gasteiger partial charge in [0.1, 0.15) is 6.61 Å². The molecule has 17 heavy (non-hydrogen) atoms. The smallest absolute Gasteiger partial charge is 0.222 e. The topological polar surface area (TPSA) is 22.1 Å². The standard InChI is InChI=1S/C14H11NOS/c1-2-4-11(5-3-1)10-16-14-12-7-9-17-13(12)6-8-15-14/h1-9H,10H2. The fourth-order valence-corrected chi connectivity index (χ4v) is 2.48. The normalized spacial score (nSPS) is 10.6. The summed E-state index contributed by atoms with van der Waals surface area (Å²) < 4.78 is 6.97. The van der Waals surface area contributed by atoms with Crippen LogP contribution in [0.3, 0.4) is 0 Å². The molecule has 2 aromatic heterocycles. The number of nitrogens with zero attached hydrogens (tertiary/aromatic N) is 1. The number of thiophene rings is 1. The maximum atomic E-state index is 5.76. The van der Waals surface area contributed by atoms with Crippen molar-refractivity contribution in [1.82, 2.24) is 4.98 Å². The highest BCUT2D eigenvalue weighted by Gasteiger charge is 2.04. The first-order chi connectivity index (χ1) is 8.43. The van der Waals surface area contributed by atoms with E-state index in [4.69, 9.17) is 4.74 Å². The lowest BCUT2D eigenvalue weighted by Gasteiger charge is -2.05. The molecule has 2 nitrogen and oxygen atoms in total. The molecule has 3 heteroatoms. The van der Waals surface area contributed by atoms with Gasteiger partial charge in [-0.05, 0) is 23.1 Å². The van der Waals surface area contributed by atoms with Gasteiger partial charge >= 0.3 is 0 Å². The Kier molecular flexibility index (Phi) is 2.76. The quantitative estimate of drug-likeness (QED) is 0.694. The van der Waals surface area contributed by atoms with Crippen LogP contribution in [0.25, 0.3) is 10.1 Å². The van der Waals surface area contributed by atoms with E-state index in [0.29, 0.717) is 12.5 Å². The first-order valence-electron chi connectivity index (χ1n) is 5.42. The Morgan fingerprint density at radius 3 is 2.82 bits per heavy atom. The van der Waals surface area contributed by atoms with Crippen LogP contribution in [0.1, 0.15) is 5.56 Å². The molecule has 3 aromatic rings. The zero-order valence-corrected chi connectivity index (χ0v) is 9.98. The van der Waals surface area contributed by atoms with Crippen molar-refractivity contribution in [3.8, 4) is 5.88 Å². The van der Waals surface area contributed by atoms with Crippen LogP contribution in [-0.4, -0.2) is 4.98 Å². The lowest BCUT2D eigenvalue weighted by atomic mass is 10.2. The van der Waals surface area contributed by atoms with Crippen molar-refractivity contribution in [1.29, 1.82) is 0 Å². The third-order valence-corrected chi connectivity index (χ3v) is 3.44. The highest BCUT2D eigenvalue weighted by Crippen LogP contribution is 2.27. The molecule has 0 aliphatic carbocycles. The van der Waals surface area contributed by atoms with Crippen LogP contribution in [0.4, 0.5) is 0 Å². The van der Waals surface area contributed by atoms with E-state index in [1.807, 2.05) is 42.5 Å². The summed E-state index contributed by atoms with van der Waals surface area (Å²) in [4.78, 5) is 4.28. The van der Waals surface area contributed by atoms with Gasteiger partial charge in [-0.2, -0.15) is 0 Å². The lowest BCUT2D eigenvalue weighted by molar-refractivity contribution is 0.298. The Labute approximate surface area is 104 Å². The van der Waals surface area contributed by atoms with Gasteiger partial charge in [0.15, 0.2) is 0 Å². The largest absolute Gasteiger partial charge is 0.472 e. The fourth-order valence-electron chi connectivity index (χ4n) is 1.71. The number of rotatable bonds is 3. The summed E-state index contributed by atoms with van der Waals surface area (Å²) in [7, 11) is 0. The first kappa shape index (κ1) is 10.3. The zero-order valence-electron chi connectivity index (χ0n) is 9.17. The summed E-state index contributed by atoms with van der Waals surface area (Å²) in [6.45, 7) is 0.558. The molecule has 0 N–H and O–H groups in total. The number of hydrogen-bond donors (Lipinski definition) is 0. The number of hydrogen-bond acceptors (Lipinski definition) is 3. The van der Waals surface area contributed by atoms with E-state index in [1.54, 1.807) is 17.5 Å². The SMILES string of the molecule is c1ccc(COc2nccc3sccc23)cc1. The van der Waals surface area contributed by atoms with Crippen LogP contribution in [0.2, 0.25) is 0 Å². The van der Waals surface area contributed by atoms with E-state index in [-0.39, 0.29) is 0 Å². The van der Waals surface area contributed by atoms with E-state index < -0.39 is 0 Å². The molecule has 3 rings (SSSR count). The van der Waals surface area contributed by atoms with Crippen LogP contribution in [0.5, 0.6) is 5.88 Å². The van der Waals surface area contributed by atoms with Crippen molar-refractivity contribution in [2.75, 3.05) is 0 Å². The summed E-state index contributed by atoms with van der Waals surface area (Å²) in [5, 5.41) is 3.15. The van der Waals surface area contributed by atoms with Gasteiger partial charge in [0.05, 0.1) is 5.39 Å². The molecule has 84 valence electrons. The predicted octanol–water partition coefficient (Wildman–Crippen LogP) is 3.88. The molecule has 0 unspecified atom stereocenters. The number of ether oxygens (including phenoxy) is 1. The van der Waals surface area contributed by atoms with Crippen LogP contribution < -0.4 is 4.74 Å². The van der Waals surface area contributed by atoms with Crippen LogP contribution in [-0.2, 0) is 6.61 Å². The summed E-state index contributed by atoms with van der Waals surface area (Å²) in [6, 6.07) is 14.2. The van der Waals surface area contributed by atoms with Gasteiger partial charge in [-0.25, -0.2) is 4.98 Å². The second-order valence-corrected chi connectivity index (χ2v) is 4.67. The third-order valence-electron chi connectivity index (χ3n) is 2.56. The zero-order chi connectivity index (χ0) is 11.5. The average molecular weight is 241 g/mol. The number of pyridine rings is 1. The van der Waals surface area contributed by atoms with E-state index in [9.17, 15) is 0 Å². The molecule has 0 fully saturated rings. The predicted molar refractivity (Wildman–Crippen MR) is 70.4 cm³/mol. The monoisotopic (exact) mass is 241 g/mol. The molecule has 0 aliphatic rings. The van der Waals surface area contributed by atoms with Gasteiger partial charge < -0.3 is 4.74 Å². The summed E-state index contributed by atoms with van der Waals surface area (Å²) in [6.07, 6.45) is 1.79. The van der Waals surface area contributed by atoms with Gasteiger partial charge in [0.2, 0.25) is 5.88 Å². The van der Waals surface area contributed by atoms with Gasteiger partial charge in [-0.3, -0.25) is 0 Å². The van der Waals surface area contributed by atoms with Crippen molar-refractivity contribution in [3.05, 3.63) is 59.6 Å². The van der Waals surface area contributed by atoms with Crippen LogP contribution >= 0.6 is 11.3 Å². The lowest BCUT2D eigenvalue weighted by Crippen LogP contribution is -1.96. The van der Waals surface area contributed by atoms with E-state index in [0.717, 1.165) is 10.9 Å². The van der Waals surface area contributed by atoms with E-state index in [2.05, 4.69) is 10.4 Å². The Morgan fingerprint density at radius 1 is 1.06 bits per heavy atom. The molecule has 0 aliphatic heterocycles. The molecule has 0 bridgehead atoms. The molecular weight excluding hydrogens is 230 g/mol. The molecule has 0 radical (unpaired) electrons. The van der Waals surface area contributed by atoms with Crippen molar-refractivity contribution in [3.63, 3.8) is 0 Å². The van der Waals surface area contributed by atoms with Crippen molar-refractivity contribution < 1.29 is 4.74 Å². The number of fused-ring (bicyclic) bond motifs is 1. The molecule has 0 amide bonds. The molecule has 0 atom stereocenters. The molecule has 2 heterocycles. The van der Waals surface area contributed by atoms with Gasteiger partial charge in [-0.15, -0.1) is 11.3 Å². The minimum Gasteiger partial charge on any atom is -0.472 e. The maximum Gasteiger partial charge on any atom is 0.222 e. The van der Waals surface area contributed by atoms with Crippen LogP contribution in [0, 0.1) is 0 Å². The van der Waals surface area contributed by atoms with Crippen molar-refractivity contribution >= 4 is 21.4 Å². The summed E-state index contributed by atoms with van der Waals surface area (Å²) in [5.41, 5.74) is 1.15. The molecular formula is C14H11NOS. The molecule has 0 spiro atoms. The fraction of sp³-hybridized carbons (Fsp3) is 0.0714. The van der Waals surface area contributed by atoms with E-state index in [1.165, 1.54) is 4.70 Å². The Morgan fingerprint density at radius 2 is 1.94 bits per heavy atom. The van der Waals surface area contributed by atoms with Crippen molar-refractivity contribution in [2.45, 2.75) is 6.61 Å². The first-order valence-corrected chi connectivity index (χ1v) is 6.30. The maximum absolute atomic E-state index is 5.76. The summed E-state index contributed by atoms with van der Waals surface area (Å²) in [5.74, 6) is 0.715. The molecule has 0 saturated heterocycles.